The molecule has 31 heavy (non-hydrogen) atoms. The zero-order valence-corrected chi connectivity index (χ0v) is 17.2. The number of carbonyl (C=O) groups excluding carboxylic acids is 1. The number of benzene rings is 1. The van der Waals surface area contributed by atoms with E-state index in [1.165, 1.54) is 0 Å². The van der Waals surface area contributed by atoms with Crippen LogP contribution in [0.25, 0.3) is 22.4 Å². The molecule has 0 saturated carbocycles. The van der Waals surface area contributed by atoms with Gasteiger partial charge < -0.3 is 20.3 Å². The van der Waals surface area contributed by atoms with E-state index in [0.717, 1.165) is 48.3 Å². The predicted octanol–water partition coefficient (Wildman–Crippen LogP) is 2.49. The third kappa shape index (κ3) is 3.90. The van der Waals surface area contributed by atoms with Gasteiger partial charge in [-0.15, -0.1) is 0 Å². The average Bonchev–Trinajstić information content (AvgIpc) is 3.33. The van der Waals surface area contributed by atoms with Crippen LogP contribution in [0.1, 0.15) is 12.8 Å². The summed E-state index contributed by atoms with van der Waals surface area (Å²) in [6.45, 7) is 1.00. The van der Waals surface area contributed by atoms with Crippen molar-refractivity contribution in [3.8, 4) is 11.4 Å². The summed E-state index contributed by atoms with van der Waals surface area (Å²) in [6.07, 6.45) is 4.48. The van der Waals surface area contributed by atoms with Crippen molar-refractivity contribution in [1.82, 2.24) is 25.1 Å². The van der Waals surface area contributed by atoms with Gasteiger partial charge in [-0.1, -0.05) is 0 Å². The zero-order chi connectivity index (χ0) is 21.4. The quantitative estimate of drug-likeness (QED) is 0.652. The second-order valence-electron chi connectivity index (χ2n) is 7.89. The summed E-state index contributed by atoms with van der Waals surface area (Å²) in [5, 5.41) is 10.4. The van der Waals surface area contributed by atoms with E-state index in [9.17, 15) is 9.18 Å². The Kier molecular flexibility index (Phi) is 5.14. The van der Waals surface area contributed by atoms with Gasteiger partial charge in [-0.25, -0.2) is 19.2 Å². The van der Waals surface area contributed by atoms with Crippen LogP contribution in [0.5, 0.6) is 0 Å². The number of ether oxygens (including phenoxy) is 1. The minimum Gasteiger partial charge on any atom is -0.371 e. The van der Waals surface area contributed by atoms with Crippen molar-refractivity contribution in [2.75, 3.05) is 36.5 Å². The Morgan fingerprint density at radius 1 is 1.19 bits per heavy atom. The van der Waals surface area contributed by atoms with Gasteiger partial charge in [-0.05, 0) is 37.1 Å². The minimum absolute atomic E-state index is 0.0193. The number of hydrogen-bond donors (Lipinski definition) is 2. The molecule has 2 aromatic heterocycles. The van der Waals surface area contributed by atoms with Crippen molar-refractivity contribution in [1.29, 1.82) is 0 Å². The van der Waals surface area contributed by atoms with Crippen LogP contribution in [0.3, 0.4) is 0 Å². The molecule has 0 aliphatic carbocycles. The third-order valence-corrected chi connectivity index (χ3v) is 5.70. The number of aromatic nitrogens is 4. The van der Waals surface area contributed by atoms with Gasteiger partial charge in [-0.2, -0.15) is 5.10 Å². The monoisotopic (exact) mass is 425 g/mol. The van der Waals surface area contributed by atoms with Crippen molar-refractivity contribution in [3.63, 3.8) is 0 Å². The molecule has 2 unspecified atom stereocenters. The topological polar surface area (TPSA) is 97.2 Å². The van der Waals surface area contributed by atoms with Gasteiger partial charge in [0.1, 0.15) is 12.5 Å². The summed E-state index contributed by atoms with van der Waals surface area (Å²) in [6, 6.07) is 6.82. The van der Waals surface area contributed by atoms with Gasteiger partial charge in [0.15, 0.2) is 11.5 Å². The lowest BCUT2D eigenvalue weighted by atomic mass is 10.2. The predicted molar refractivity (Wildman–Crippen MR) is 115 cm³/mol. The van der Waals surface area contributed by atoms with E-state index in [1.54, 1.807) is 16.8 Å². The van der Waals surface area contributed by atoms with Crippen LogP contribution in [0.2, 0.25) is 0 Å². The van der Waals surface area contributed by atoms with Gasteiger partial charge in [0, 0.05) is 37.9 Å². The average molecular weight is 425 g/mol. The highest BCUT2D eigenvalue weighted by molar-refractivity contribution is 5.90. The Morgan fingerprint density at radius 2 is 1.94 bits per heavy atom. The number of rotatable bonds is 5. The molecule has 0 spiro atoms. The molecule has 2 aliphatic rings. The molecule has 4 heterocycles. The standard InChI is InChI=1S/C21H24FN7O2/c1-28-19-17(10-24-28)20(29-11-15-6-7-16(12-29)31-15)27-18(26-19)13-2-4-14(5-3-13)25-21(30)23-9-8-22/h2-5,10,15-16H,6-9,11-12H2,1H3,(H2,23,25,30). The lowest BCUT2D eigenvalue weighted by Gasteiger charge is -2.33. The first-order valence-corrected chi connectivity index (χ1v) is 10.4. The molecule has 10 heteroatoms. The van der Waals surface area contributed by atoms with E-state index in [2.05, 4.69) is 20.6 Å². The maximum atomic E-state index is 12.2. The van der Waals surface area contributed by atoms with Gasteiger partial charge in [0.05, 0.1) is 23.8 Å². The molecule has 5 rings (SSSR count). The van der Waals surface area contributed by atoms with Gasteiger partial charge in [0.25, 0.3) is 0 Å². The van der Waals surface area contributed by atoms with Gasteiger partial charge in [0.2, 0.25) is 0 Å². The SMILES string of the molecule is Cn1ncc2c(N3CC4CCC(C3)O4)nc(-c3ccc(NC(=O)NCCF)cc3)nc21. The van der Waals surface area contributed by atoms with Gasteiger partial charge in [-0.3, -0.25) is 4.68 Å². The third-order valence-electron chi connectivity index (χ3n) is 5.70. The van der Waals surface area contributed by atoms with Crippen molar-refractivity contribution >= 4 is 28.6 Å². The van der Waals surface area contributed by atoms with E-state index in [0.29, 0.717) is 11.5 Å². The number of aryl methyl sites for hydroxylation is 1. The summed E-state index contributed by atoms with van der Waals surface area (Å²) in [7, 11) is 1.87. The smallest absolute Gasteiger partial charge is 0.319 e. The molecule has 162 valence electrons. The van der Waals surface area contributed by atoms with Crippen LogP contribution in [0.4, 0.5) is 20.7 Å². The number of hydrogen-bond acceptors (Lipinski definition) is 6. The Hall–Kier alpha value is -3.27. The minimum atomic E-state index is -0.604. The summed E-state index contributed by atoms with van der Waals surface area (Å²) in [5.74, 6) is 1.47. The molecule has 2 N–H and O–H groups in total. The molecular formula is C21H24FN7O2. The lowest BCUT2D eigenvalue weighted by Crippen LogP contribution is -2.43. The van der Waals surface area contributed by atoms with Crippen LogP contribution < -0.4 is 15.5 Å². The van der Waals surface area contributed by atoms with Crippen molar-refractivity contribution in [2.45, 2.75) is 25.0 Å². The number of carbonyl (C=O) groups is 1. The highest BCUT2D eigenvalue weighted by atomic mass is 19.1. The zero-order valence-electron chi connectivity index (χ0n) is 17.2. The van der Waals surface area contributed by atoms with E-state index >= 15 is 0 Å². The molecule has 2 fully saturated rings. The molecular weight excluding hydrogens is 401 g/mol. The fraction of sp³-hybridized carbons (Fsp3) is 0.429. The Labute approximate surface area is 178 Å². The highest BCUT2D eigenvalue weighted by Crippen LogP contribution is 2.33. The van der Waals surface area contributed by atoms with E-state index in [4.69, 9.17) is 14.7 Å². The fourth-order valence-corrected chi connectivity index (χ4v) is 4.20. The highest BCUT2D eigenvalue weighted by Gasteiger charge is 2.35. The van der Waals surface area contributed by atoms with E-state index < -0.39 is 12.7 Å². The summed E-state index contributed by atoms with van der Waals surface area (Å²) in [4.78, 5) is 23.6. The normalized spacial score (nSPS) is 20.3. The van der Waals surface area contributed by atoms with Crippen molar-refractivity contribution < 1.29 is 13.9 Å². The summed E-state index contributed by atoms with van der Waals surface area (Å²) >= 11 is 0. The number of morpholine rings is 1. The van der Waals surface area contributed by atoms with Gasteiger partial charge >= 0.3 is 6.03 Å². The molecule has 2 amide bonds. The molecule has 2 saturated heterocycles. The number of halogens is 1. The second kappa shape index (κ2) is 8.10. The molecule has 0 radical (unpaired) electrons. The van der Waals surface area contributed by atoms with E-state index in [1.807, 2.05) is 25.4 Å². The number of nitrogens with one attached hydrogen (secondary N) is 2. The first-order valence-electron chi connectivity index (χ1n) is 10.4. The molecule has 1 aromatic carbocycles. The van der Waals surface area contributed by atoms with Crippen LogP contribution in [-0.2, 0) is 11.8 Å². The largest absolute Gasteiger partial charge is 0.371 e. The molecule has 9 nitrogen and oxygen atoms in total. The fourth-order valence-electron chi connectivity index (χ4n) is 4.20. The number of alkyl halides is 1. The second-order valence-corrected chi connectivity index (χ2v) is 7.89. The molecule has 3 aromatic rings. The number of nitrogens with zero attached hydrogens (tertiary/aromatic N) is 5. The maximum Gasteiger partial charge on any atom is 0.319 e. The Bertz CT molecular complexity index is 1090. The summed E-state index contributed by atoms with van der Waals surface area (Å²) < 4.78 is 19.9. The van der Waals surface area contributed by atoms with Crippen molar-refractivity contribution in [3.05, 3.63) is 30.5 Å². The lowest BCUT2D eigenvalue weighted by molar-refractivity contribution is 0.0303. The summed E-state index contributed by atoms with van der Waals surface area (Å²) in [5.41, 5.74) is 2.20. The Morgan fingerprint density at radius 3 is 2.65 bits per heavy atom. The Balaban J connectivity index is 1.45. The van der Waals surface area contributed by atoms with Crippen LogP contribution in [0, 0.1) is 0 Å². The van der Waals surface area contributed by atoms with Crippen LogP contribution in [-0.4, -0.2) is 64.3 Å². The van der Waals surface area contributed by atoms with Crippen LogP contribution >= 0.6 is 0 Å². The van der Waals surface area contributed by atoms with Crippen molar-refractivity contribution in [2.24, 2.45) is 7.05 Å². The molecule has 2 bridgehead atoms. The number of anilines is 2. The molecule has 2 aliphatic heterocycles. The number of amides is 2. The number of urea groups is 1. The van der Waals surface area contributed by atoms with Crippen LogP contribution in [0.15, 0.2) is 30.5 Å². The number of fused-ring (bicyclic) bond motifs is 3. The van der Waals surface area contributed by atoms with E-state index in [-0.39, 0.29) is 18.8 Å². The molecule has 2 atom stereocenters. The first kappa shape index (κ1) is 19.7. The first-order chi connectivity index (χ1) is 15.1. The maximum absolute atomic E-state index is 12.2.